The zero-order chi connectivity index (χ0) is 20.9. The van der Waals surface area contributed by atoms with Gasteiger partial charge >= 0.3 is 6.18 Å². The van der Waals surface area contributed by atoms with Gasteiger partial charge in [-0.2, -0.15) is 23.4 Å². The van der Waals surface area contributed by atoms with Gasteiger partial charge in [-0.1, -0.05) is 13.0 Å². The Balaban J connectivity index is 2.24. The number of thioether (sulfide) groups is 1. The van der Waals surface area contributed by atoms with Crippen LogP contribution in [0, 0.1) is 11.3 Å². The lowest BCUT2D eigenvalue weighted by atomic mass is 10.1. The van der Waals surface area contributed by atoms with E-state index >= 15 is 0 Å². The van der Waals surface area contributed by atoms with Crippen LogP contribution >= 0.6 is 11.8 Å². The highest BCUT2D eigenvalue weighted by Crippen LogP contribution is 2.31. The van der Waals surface area contributed by atoms with E-state index in [2.05, 4.69) is 20.6 Å². The van der Waals surface area contributed by atoms with Crippen molar-refractivity contribution in [1.29, 1.82) is 5.26 Å². The normalized spacial score (nSPS) is 12.1. The van der Waals surface area contributed by atoms with E-state index in [1.54, 1.807) is 13.2 Å². The van der Waals surface area contributed by atoms with Gasteiger partial charge in [0.25, 0.3) is 0 Å². The van der Waals surface area contributed by atoms with Crippen LogP contribution in [0.1, 0.15) is 24.5 Å². The van der Waals surface area contributed by atoms with Crippen LogP contribution in [0.4, 0.5) is 30.6 Å². The van der Waals surface area contributed by atoms with Crippen molar-refractivity contribution in [3.8, 4) is 6.07 Å². The molecular weight excluding hydrogens is 393 g/mol. The number of nitriles is 1. The fraction of sp³-hybridized carbons (Fsp3) is 0.294. The highest BCUT2D eigenvalue weighted by atomic mass is 32.2. The molecule has 1 aromatic carbocycles. The van der Waals surface area contributed by atoms with Crippen LogP contribution in [0.5, 0.6) is 0 Å². The van der Waals surface area contributed by atoms with Crippen LogP contribution in [0.25, 0.3) is 0 Å². The molecule has 11 heteroatoms. The van der Waals surface area contributed by atoms with Crippen LogP contribution < -0.4 is 16.4 Å². The van der Waals surface area contributed by atoms with E-state index in [4.69, 9.17) is 5.73 Å². The minimum atomic E-state index is -4.52. The summed E-state index contributed by atoms with van der Waals surface area (Å²) in [6.45, 7) is 1.70. The molecule has 0 saturated carbocycles. The van der Waals surface area contributed by atoms with Crippen LogP contribution in [-0.4, -0.2) is 28.2 Å². The molecular formula is C17H17F3N6OS. The van der Waals surface area contributed by atoms with E-state index in [0.29, 0.717) is 5.03 Å². The van der Waals surface area contributed by atoms with E-state index in [-0.39, 0.29) is 29.4 Å². The maximum atomic E-state index is 12.8. The summed E-state index contributed by atoms with van der Waals surface area (Å²) in [6.07, 6.45) is -2.52. The standard InChI is InChI=1S/C17H17F3N6OS/c1-3-12(24-13-11(8-21)15(28-2)26-16(22)25-13)14(27)23-10-6-4-5-9(7-10)17(18,19)20/h4-7,12H,3H2,1-2H3,(H,23,27)(H3,22,24,25,26). The molecule has 1 heterocycles. The minimum absolute atomic E-state index is 0.00702. The predicted octanol–water partition coefficient (Wildman–Crippen LogP) is 3.50. The number of rotatable bonds is 6. The smallest absolute Gasteiger partial charge is 0.368 e. The van der Waals surface area contributed by atoms with Crippen molar-refractivity contribution in [2.75, 3.05) is 22.6 Å². The number of nitrogens with one attached hydrogen (secondary N) is 2. The van der Waals surface area contributed by atoms with E-state index in [1.165, 1.54) is 23.9 Å². The van der Waals surface area contributed by atoms with Crippen LogP contribution in [0.15, 0.2) is 29.3 Å². The first-order chi connectivity index (χ1) is 13.2. The number of nitrogens with zero attached hydrogens (tertiary/aromatic N) is 3. The third-order valence-electron chi connectivity index (χ3n) is 3.69. The number of carbonyl (C=O) groups is 1. The second-order valence-corrected chi connectivity index (χ2v) is 6.39. The zero-order valence-corrected chi connectivity index (χ0v) is 15.8. The fourth-order valence-electron chi connectivity index (χ4n) is 2.33. The lowest BCUT2D eigenvalue weighted by Crippen LogP contribution is -2.35. The topological polar surface area (TPSA) is 117 Å². The Bertz CT molecular complexity index is 913. The summed E-state index contributed by atoms with van der Waals surface area (Å²) in [4.78, 5) is 20.5. The number of anilines is 3. The average molecular weight is 410 g/mol. The van der Waals surface area contributed by atoms with Gasteiger partial charge in [0.05, 0.1) is 5.56 Å². The Labute approximate surface area is 163 Å². The number of carbonyl (C=O) groups excluding carboxylic acids is 1. The van der Waals surface area contributed by atoms with Crippen molar-refractivity contribution >= 4 is 35.1 Å². The molecule has 2 aromatic rings. The first kappa shape index (κ1) is 21.3. The zero-order valence-electron chi connectivity index (χ0n) is 15.0. The van der Waals surface area contributed by atoms with Gasteiger partial charge in [-0.25, -0.2) is 4.98 Å². The lowest BCUT2D eigenvalue weighted by molar-refractivity contribution is -0.137. The minimum Gasteiger partial charge on any atom is -0.368 e. The molecule has 1 atom stereocenters. The SMILES string of the molecule is CCC(Nc1nc(N)nc(SC)c1C#N)C(=O)Nc1cccc(C(F)(F)F)c1. The molecule has 1 aromatic heterocycles. The third-order valence-corrected chi connectivity index (χ3v) is 4.37. The first-order valence-electron chi connectivity index (χ1n) is 8.05. The summed E-state index contributed by atoms with van der Waals surface area (Å²) in [5, 5.41) is 15.0. The number of alkyl halides is 3. The summed E-state index contributed by atoms with van der Waals surface area (Å²) in [5.41, 5.74) is 4.91. The molecule has 0 bridgehead atoms. The number of amides is 1. The van der Waals surface area contributed by atoms with Crippen molar-refractivity contribution in [1.82, 2.24) is 9.97 Å². The van der Waals surface area contributed by atoms with Crippen molar-refractivity contribution in [2.45, 2.75) is 30.6 Å². The second kappa shape index (κ2) is 8.79. The van der Waals surface area contributed by atoms with E-state index in [9.17, 15) is 23.2 Å². The molecule has 0 saturated heterocycles. The Kier molecular flexibility index (Phi) is 6.69. The van der Waals surface area contributed by atoms with Gasteiger partial charge in [-0.3, -0.25) is 4.79 Å². The van der Waals surface area contributed by atoms with Crippen molar-refractivity contribution < 1.29 is 18.0 Å². The summed E-state index contributed by atoms with van der Waals surface area (Å²) in [6, 6.07) is 5.43. The lowest BCUT2D eigenvalue weighted by Gasteiger charge is -2.19. The van der Waals surface area contributed by atoms with Crippen LogP contribution in [0.3, 0.4) is 0 Å². The molecule has 1 amide bonds. The van der Waals surface area contributed by atoms with E-state index < -0.39 is 23.7 Å². The number of benzene rings is 1. The Hall–Kier alpha value is -3.00. The van der Waals surface area contributed by atoms with Gasteiger partial charge in [0.1, 0.15) is 22.7 Å². The highest BCUT2D eigenvalue weighted by Gasteiger charge is 2.30. The number of hydrogen-bond donors (Lipinski definition) is 3. The second-order valence-electron chi connectivity index (χ2n) is 5.60. The maximum Gasteiger partial charge on any atom is 0.416 e. The predicted molar refractivity (Wildman–Crippen MR) is 101 cm³/mol. The molecule has 1 unspecified atom stereocenters. The third kappa shape index (κ3) is 5.04. The Morgan fingerprint density at radius 1 is 1.39 bits per heavy atom. The number of halogens is 3. The largest absolute Gasteiger partial charge is 0.416 e. The van der Waals surface area contributed by atoms with Gasteiger partial charge in [0.15, 0.2) is 5.82 Å². The number of nitrogen functional groups attached to an aromatic ring is 1. The van der Waals surface area contributed by atoms with Crippen LogP contribution in [0.2, 0.25) is 0 Å². The molecule has 0 spiro atoms. The number of aromatic nitrogens is 2. The number of hydrogen-bond acceptors (Lipinski definition) is 7. The van der Waals surface area contributed by atoms with Gasteiger partial charge < -0.3 is 16.4 Å². The molecule has 148 valence electrons. The molecule has 4 N–H and O–H groups in total. The molecule has 0 radical (unpaired) electrons. The Morgan fingerprint density at radius 3 is 2.68 bits per heavy atom. The first-order valence-corrected chi connectivity index (χ1v) is 9.28. The van der Waals surface area contributed by atoms with Crippen molar-refractivity contribution in [3.05, 3.63) is 35.4 Å². The van der Waals surface area contributed by atoms with Gasteiger partial charge in [-0.15, -0.1) is 11.8 Å². The monoisotopic (exact) mass is 410 g/mol. The van der Waals surface area contributed by atoms with Gasteiger partial charge in [0.2, 0.25) is 11.9 Å². The average Bonchev–Trinajstić information content (AvgIpc) is 2.64. The molecule has 0 aliphatic carbocycles. The fourth-order valence-corrected chi connectivity index (χ4v) is 2.86. The number of nitrogens with two attached hydrogens (primary N) is 1. The summed E-state index contributed by atoms with van der Waals surface area (Å²) < 4.78 is 38.5. The Morgan fingerprint density at radius 2 is 2.11 bits per heavy atom. The summed E-state index contributed by atoms with van der Waals surface area (Å²) >= 11 is 1.20. The van der Waals surface area contributed by atoms with Crippen molar-refractivity contribution in [2.24, 2.45) is 0 Å². The van der Waals surface area contributed by atoms with E-state index in [0.717, 1.165) is 12.1 Å². The molecule has 0 aliphatic heterocycles. The van der Waals surface area contributed by atoms with Gasteiger partial charge in [0, 0.05) is 5.69 Å². The molecule has 0 fully saturated rings. The van der Waals surface area contributed by atoms with Crippen LogP contribution in [-0.2, 0) is 11.0 Å². The van der Waals surface area contributed by atoms with Crippen molar-refractivity contribution in [3.63, 3.8) is 0 Å². The molecule has 7 nitrogen and oxygen atoms in total. The molecule has 0 aliphatic rings. The summed E-state index contributed by atoms with van der Waals surface area (Å²) in [5.74, 6) is -0.557. The quantitative estimate of drug-likeness (QED) is 0.493. The summed E-state index contributed by atoms with van der Waals surface area (Å²) in [7, 11) is 0. The van der Waals surface area contributed by atoms with E-state index in [1.807, 2.05) is 6.07 Å². The van der Waals surface area contributed by atoms with Gasteiger partial charge in [-0.05, 0) is 30.9 Å². The molecule has 2 rings (SSSR count). The maximum absolute atomic E-state index is 12.8. The highest BCUT2D eigenvalue weighted by molar-refractivity contribution is 7.98. The molecule has 28 heavy (non-hydrogen) atoms.